The van der Waals surface area contributed by atoms with E-state index in [1.54, 1.807) is 23.7 Å². The molecule has 0 radical (unpaired) electrons. The van der Waals surface area contributed by atoms with Crippen LogP contribution in [-0.4, -0.2) is 33.9 Å². The van der Waals surface area contributed by atoms with Crippen molar-refractivity contribution >= 4 is 23.2 Å². The third kappa shape index (κ3) is 4.46. The van der Waals surface area contributed by atoms with Crippen LogP contribution in [0.2, 0.25) is 0 Å². The lowest BCUT2D eigenvalue weighted by atomic mass is 9.96. The van der Waals surface area contributed by atoms with Gasteiger partial charge in [-0.25, -0.2) is 4.98 Å². The molecule has 0 saturated heterocycles. The van der Waals surface area contributed by atoms with Crippen molar-refractivity contribution in [2.75, 3.05) is 6.54 Å². The first-order valence-electron chi connectivity index (χ1n) is 9.01. The number of hydrogen-bond donors (Lipinski definition) is 2. The zero-order valence-electron chi connectivity index (χ0n) is 15.0. The molecule has 3 rings (SSSR count). The molecule has 0 atom stereocenters. The first-order valence-corrected chi connectivity index (χ1v) is 9.89. The summed E-state index contributed by atoms with van der Waals surface area (Å²) in [4.78, 5) is 32.7. The zero-order valence-corrected chi connectivity index (χ0v) is 15.8. The summed E-state index contributed by atoms with van der Waals surface area (Å²) in [6, 6.07) is 3.89. The predicted octanol–water partition coefficient (Wildman–Crippen LogP) is 2.70. The van der Waals surface area contributed by atoms with E-state index < -0.39 is 5.54 Å². The molecule has 2 heterocycles. The summed E-state index contributed by atoms with van der Waals surface area (Å²) in [5.74, 6) is -0.199. The lowest BCUT2D eigenvalue weighted by molar-refractivity contribution is -0.132. The number of rotatable bonds is 7. The van der Waals surface area contributed by atoms with Gasteiger partial charge in [-0.1, -0.05) is 12.8 Å². The number of carbonyl (C=O) groups excluding carboxylic acids is 2. The van der Waals surface area contributed by atoms with Gasteiger partial charge in [0.25, 0.3) is 0 Å². The number of hydrogen-bond acceptors (Lipinski definition) is 5. The minimum absolute atomic E-state index is 0.0539. The Morgan fingerprint density at radius 1 is 1.23 bits per heavy atom. The van der Waals surface area contributed by atoms with Gasteiger partial charge >= 0.3 is 0 Å². The molecule has 6 nitrogen and oxygen atoms in total. The summed E-state index contributed by atoms with van der Waals surface area (Å²) >= 11 is 1.63. The molecular weight excluding hydrogens is 348 g/mol. The maximum Gasteiger partial charge on any atom is 0.245 e. The highest BCUT2D eigenvalue weighted by atomic mass is 32.1. The predicted molar refractivity (Wildman–Crippen MR) is 102 cm³/mol. The maximum absolute atomic E-state index is 12.6. The molecule has 2 aromatic rings. The number of pyridine rings is 1. The summed E-state index contributed by atoms with van der Waals surface area (Å²) in [5, 5.41) is 8.97. The average molecular weight is 372 g/mol. The van der Waals surface area contributed by atoms with Crippen LogP contribution in [0.3, 0.4) is 0 Å². The number of aryl methyl sites for hydroxylation is 1. The van der Waals surface area contributed by atoms with Crippen LogP contribution in [0.5, 0.6) is 0 Å². The van der Waals surface area contributed by atoms with Crippen molar-refractivity contribution in [2.24, 2.45) is 0 Å². The second kappa shape index (κ2) is 8.40. The van der Waals surface area contributed by atoms with Gasteiger partial charge in [0.05, 0.1) is 10.7 Å². The molecule has 0 spiro atoms. The van der Waals surface area contributed by atoms with Gasteiger partial charge in [0.1, 0.15) is 5.54 Å². The summed E-state index contributed by atoms with van der Waals surface area (Å²) in [5.41, 5.74) is 1.32. The summed E-state index contributed by atoms with van der Waals surface area (Å²) in [6.45, 7) is 2.06. The SMILES string of the molecule is CC(=O)NC1(C(=O)NCCCc2nc(-c3ccncc3)cs2)CCCC1. The van der Waals surface area contributed by atoms with E-state index >= 15 is 0 Å². The molecule has 1 saturated carbocycles. The van der Waals surface area contributed by atoms with Crippen molar-refractivity contribution in [1.82, 2.24) is 20.6 Å². The van der Waals surface area contributed by atoms with E-state index in [-0.39, 0.29) is 11.8 Å². The number of aromatic nitrogens is 2. The quantitative estimate of drug-likeness (QED) is 0.732. The Bertz CT molecular complexity index is 754. The highest BCUT2D eigenvalue weighted by Gasteiger charge is 2.41. The lowest BCUT2D eigenvalue weighted by Crippen LogP contribution is -2.56. The lowest BCUT2D eigenvalue weighted by Gasteiger charge is -2.28. The van der Waals surface area contributed by atoms with E-state index in [0.29, 0.717) is 6.54 Å². The minimum Gasteiger partial charge on any atom is -0.354 e. The first kappa shape index (κ1) is 18.5. The normalized spacial score (nSPS) is 15.6. The van der Waals surface area contributed by atoms with E-state index in [4.69, 9.17) is 0 Å². The number of thiazole rings is 1. The molecule has 1 fully saturated rings. The second-order valence-electron chi connectivity index (χ2n) is 6.69. The largest absolute Gasteiger partial charge is 0.354 e. The standard InChI is InChI=1S/C19H24N4O2S/c1-14(24)23-19(8-2-3-9-19)18(25)21-10-4-5-17-22-16(13-26-17)15-6-11-20-12-7-15/h6-7,11-13H,2-5,8-10H2,1H3,(H,21,25)(H,23,24). The topological polar surface area (TPSA) is 84.0 Å². The summed E-state index contributed by atoms with van der Waals surface area (Å²) in [6.07, 6.45) is 8.57. The van der Waals surface area contributed by atoms with Gasteiger partial charge in [-0.2, -0.15) is 0 Å². The number of amides is 2. The Balaban J connectivity index is 1.47. The average Bonchev–Trinajstić information content (AvgIpc) is 3.29. The monoisotopic (exact) mass is 372 g/mol. The van der Waals surface area contributed by atoms with Gasteiger partial charge < -0.3 is 10.6 Å². The fourth-order valence-electron chi connectivity index (χ4n) is 3.42. The molecule has 2 N–H and O–H groups in total. The Morgan fingerprint density at radius 3 is 2.65 bits per heavy atom. The molecule has 0 aromatic carbocycles. The minimum atomic E-state index is -0.707. The van der Waals surface area contributed by atoms with Crippen LogP contribution in [0.1, 0.15) is 44.0 Å². The van der Waals surface area contributed by atoms with E-state index in [1.807, 2.05) is 17.5 Å². The van der Waals surface area contributed by atoms with Crippen LogP contribution in [0, 0.1) is 0 Å². The third-order valence-electron chi connectivity index (χ3n) is 4.69. The maximum atomic E-state index is 12.6. The van der Waals surface area contributed by atoms with Crippen molar-refractivity contribution < 1.29 is 9.59 Å². The highest BCUT2D eigenvalue weighted by molar-refractivity contribution is 7.09. The molecule has 1 aliphatic carbocycles. The summed E-state index contributed by atoms with van der Waals surface area (Å²) in [7, 11) is 0. The molecule has 7 heteroatoms. The van der Waals surface area contributed by atoms with Crippen molar-refractivity contribution in [3.8, 4) is 11.3 Å². The van der Waals surface area contributed by atoms with Crippen LogP contribution < -0.4 is 10.6 Å². The van der Waals surface area contributed by atoms with E-state index in [0.717, 1.165) is 54.8 Å². The molecule has 0 bridgehead atoms. The van der Waals surface area contributed by atoms with Crippen molar-refractivity contribution in [1.29, 1.82) is 0 Å². The Morgan fingerprint density at radius 2 is 1.96 bits per heavy atom. The number of carbonyl (C=O) groups is 2. The molecule has 2 aromatic heterocycles. The van der Waals surface area contributed by atoms with Gasteiger partial charge in [0, 0.05) is 43.2 Å². The fourth-order valence-corrected chi connectivity index (χ4v) is 4.27. The highest BCUT2D eigenvalue weighted by Crippen LogP contribution is 2.30. The van der Waals surface area contributed by atoms with Gasteiger partial charge in [-0.05, 0) is 31.4 Å². The van der Waals surface area contributed by atoms with Crippen LogP contribution in [-0.2, 0) is 16.0 Å². The van der Waals surface area contributed by atoms with Gasteiger partial charge in [-0.3, -0.25) is 14.6 Å². The van der Waals surface area contributed by atoms with Crippen LogP contribution in [0.15, 0.2) is 29.9 Å². The number of nitrogens with one attached hydrogen (secondary N) is 2. The van der Waals surface area contributed by atoms with Crippen molar-refractivity contribution in [3.05, 3.63) is 34.9 Å². The van der Waals surface area contributed by atoms with E-state index in [9.17, 15) is 9.59 Å². The molecule has 2 amide bonds. The van der Waals surface area contributed by atoms with Crippen molar-refractivity contribution in [3.63, 3.8) is 0 Å². The Labute approximate surface area is 157 Å². The molecule has 1 aliphatic rings. The zero-order chi connectivity index (χ0) is 18.4. The van der Waals surface area contributed by atoms with Crippen LogP contribution >= 0.6 is 11.3 Å². The second-order valence-corrected chi connectivity index (χ2v) is 7.63. The molecule has 26 heavy (non-hydrogen) atoms. The Hall–Kier alpha value is -2.28. The fraction of sp³-hybridized carbons (Fsp3) is 0.474. The molecular formula is C19H24N4O2S. The van der Waals surface area contributed by atoms with Crippen molar-refractivity contribution in [2.45, 2.75) is 51.0 Å². The smallest absolute Gasteiger partial charge is 0.245 e. The van der Waals surface area contributed by atoms with Gasteiger partial charge in [0.2, 0.25) is 11.8 Å². The molecule has 0 aliphatic heterocycles. The molecule has 138 valence electrons. The van der Waals surface area contributed by atoms with Crippen LogP contribution in [0.4, 0.5) is 0 Å². The Kier molecular flexibility index (Phi) is 5.98. The summed E-state index contributed by atoms with van der Waals surface area (Å²) < 4.78 is 0. The first-order chi connectivity index (χ1) is 12.6. The number of nitrogens with zero attached hydrogens (tertiary/aromatic N) is 2. The molecule has 0 unspecified atom stereocenters. The van der Waals surface area contributed by atoms with Gasteiger partial charge in [-0.15, -0.1) is 11.3 Å². The van der Waals surface area contributed by atoms with Gasteiger partial charge in [0.15, 0.2) is 0 Å². The third-order valence-corrected chi connectivity index (χ3v) is 5.60. The van der Waals surface area contributed by atoms with E-state index in [1.165, 1.54) is 6.92 Å². The van der Waals surface area contributed by atoms with Crippen LogP contribution in [0.25, 0.3) is 11.3 Å². The van der Waals surface area contributed by atoms with E-state index in [2.05, 4.69) is 20.6 Å².